The van der Waals surface area contributed by atoms with Crippen LogP contribution < -0.4 is 10.2 Å². The zero-order chi connectivity index (χ0) is 23.9. The number of nitrogens with one attached hydrogen (secondary N) is 1. The molecule has 176 valence electrons. The second-order valence-corrected chi connectivity index (χ2v) is 10.5. The summed E-state index contributed by atoms with van der Waals surface area (Å²) in [7, 11) is -3.04. The summed E-state index contributed by atoms with van der Waals surface area (Å²) in [5.74, 6) is -0.482. The predicted octanol–water partition coefficient (Wildman–Crippen LogP) is 4.13. The van der Waals surface area contributed by atoms with Crippen LogP contribution in [0.15, 0.2) is 24.3 Å². The first-order valence-corrected chi connectivity index (χ1v) is 12.3. The molecule has 0 unspecified atom stereocenters. The number of anilines is 2. The van der Waals surface area contributed by atoms with Crippen LogP contribution in [0.2, 0.25) is 0 Å². The van der Waals surface area contributed by atoms with Crippen molar-refractivity contribution in [2.45, 2.75) is 33.2 Å². The minimum Gasteiger partial charge on any atom is -0.368 e. The first kappa shape index (κ1) is 23.2. The van der Waals surface area contributed by atoms with Gasteiger partial charge in [0.15, 0.2) is 15.7 Å². The summed E-state index contributed by atoms with van der Waals surface area (Å²) in [5.41, 5.74) is 2.15. The van der Waals surface area contributed by atoms with Gasteiger partial charge in [-0.1, -0.05) is 18.2 Å². The van der Waals surface area contributed by atoms with Crippen LogP contribution in [0.4, 0.5) is 24.7 Å². The molecule has 1 N–H and O–H groups in total. The van der Waals surface area contributed by atoms with Crippen molar-refractivity contribution < 1.29 is 21.6 Å². The highest BCUT2D eigenvalue weighted by Gasteiger charge is 2.25. The minimum atomic E-state index is -3.04. The third-order valence-corrected chi connectivity index (χ3v) is 7.49. The molecule has 33 heavy (non-hydrogen) atoms. The number of hydrogen-bond donors (Lipinski definition) is 1. The van der Waals surface area contributed by atoms with E-state index in [1.54, 1.807) is 13.8 Å². The van der Waals surface area contributed by atoms with Crippen molar-refractivity contribution in [2.75, 3.05) is 34.8 Å². The van der Waals surface area contributed by atoms with Crippen LogP contribution in [-0.4, -0.2) is 48.2 Å². The summed E-state index contributed by atoms with van der Waals surface area (Å²) in [4.78, 5) is 6.65. The van der Waals surface area contributed by atoms with E-state index in [2.05, 4.69) is 20.5 Å². The molecule has 4 rings (SSSR count). The van der Waals surface area contributed by atoms with Gasteiger partial charge in [-0.3, -0.25) is 0 Å². The summed E-state index contributed by atoms with van der Waals surface area (Å²) in [5, 5.41) is 12.1. The fourth-order valence-electron chi connectivity index (χ4n) is 4.01. The van der Waals surface area contributed by atoms with Crippen molar-refractivity contribution in [3.8, 4) is 0 Å². The van der Waals surface area contributed by atoms with Gasteiger partial charge in [0.25, 0.3) is 6.43 Å². The Morgan fingerprint density at radius 1 is 1.06 bits per heavy atom. The lowest BCUT2D eigenvalue weighted by atomic mass is 10.0. The third kappa shape index (κ3) is 4.59. The number of benzene rings is 1. The monoisotopic (exact) mass is 479 g/mol. The Labute approximate surface area is 190 Å². The summed E-state index contributed by atoms with van der Waals surface area (Å²) in [6, 6.07) is 5.11. The van der Waals surface area contributed by atoms with E-state index in [0.717, 1.165) is 17.4 Å². The molecule has 1 aliphatic rings. The van der Waals surface area contributed by atoms with Gasteiger partial charge in [-0.25, -0.2) is 26.6 Å². The first-order valence-electron chi connectivity index (χ1n) is 10.5. The van der Waals surface area contributed by atoms with Gasteiger partial charge in [0, 0.05) is 24.0 Å². The molecule has 0 bridgehead atoms. The van der Waals surface area contributed by atoms with Crippen LogP contribution in [-0.2, 0) is 9.84 Å². The zero-order valence-corrected chi connectivity index (χ0v) is 19.3. The van der Waals surface area contributed by atoms with Crippen LogP contribution in [0.5, 0.6) is 0 Å². The molecule has 0 aliphatic carbocycles. The van der Waals surface area contributed by atoms with E-state index >= 15 is 0 Å². The number of halogens is 3. The molecular weight excluding hydrogens is 455 g/mol. The largest absolute Gasteiger partial charge is 0.368 e. The molecule has 1 aliphatic heterocycles. The highest BCUT2D eigenvalue weighted by Crippen LogP contribution is 2.33. The van der Waals surface area contributed by atoms with Crippen molar-refractivity contribution in [1.82, 2.24) is 15.2 Å². The van der Waals surface area contributed by atoms with Gasteiger partial charge >= 0.3 is 0 Å². The maximum absolute atomic E-state index is 14.7. The maximum atomic E-state index is 14.7. The van der Waals surface area contributed by atoms with Crippen molar-refractivity contribution in [3.63, 3.8) is 0 Å². The molecule has 0 radical (unpaired) electrons. The zero-order valence-electron chi connectivity index (χ0n) is 18.4. The van der Waals surface area contributed by atoms with E-state index in [1.807, 2.05) is 17.9 Å². The van der Waals surface area contributed by atoms with Gasteiger partial charge in [-0.15, -0.1) is 5.10 Å². The quantitative estimate of drug-likeness (QED) is 0.589. The number of alkyl halides is 2. The topological polar surface area (TPSA) is 88.1 Å². The number of fused-ring (bicyclic) bond motifs is 1. The van der Waals surface area contributed by atoms with Crippen molar-refractivity contribution >= 4 is 32.2 Å². The van der Waals surface area contributed by atoms with E-state index in [1.165, 1.54) is 12.1 Å². The standard InChI is InChI=1S/C22H24F3N5O2S/c1-12(15-5-4-6-16(19(15)23)21(24)25)27-22-17-11-18(30-7-9-33(31,32)10-8-30)13(2)26-20(17)14(3)28-29-22/h4-6,11-12,21H,7-10H2,1-3H3,(H,27,29)/t12-/m1/s1. The fraction of sp³-hybridized carbons (Fsp3) is 0.409. The Bertz CT molecular complexity index is 1300. The van der Waals surface area contributed by atoms with E-state index < -0.39 is 33.7 Å². The Hall–Kier alpha value is -2.95. The smallest absolute Gasteiger partial charge is 0.266 e. The summed E-state index contributed by atoms with van der Waals surface area (Å²) in [6.07, 6.45) is -2.92. The molecule has 0 amide bonds. The fourth-order valence-corrected chi connectivity index (χ4v) is 5.21. The lowest BCUT2D eigenvalue weighted by Crippen LogP contribution is -2.40. The Morgan fingerprint density at radius 2 is 1.73 bits per heavy atom. The lowest BCUT2D eigenvalue weighted by molar-refractivity contribution is 0.146. The highest BCUT2D eigenvalue weighted by molar-refractivity contribution is 7.91. The molecule has 1 atom stereocenters. The van der Waals surface area contributed by atoms with E-state index in [4.69, 9.17) is 0 Å². The van der Waals surface area contributed by atoms with Gasteiger partial charge < -0.3 is 10.2 Å². The normalized spacial score (nSPS) is 16.9. The molecule has 1 saturated heterocycles. The molecule has 1 aromatic carbocycles. The molecular formula is C22H24F3N5O2S. The molecule has 3 aromatic rings. The summed E-state index contributed by atoms with van der Waals surface area (Å²) < 4.78 is 64.6. The molecule has 11 heteroatoms. The number of pyridine rings is 1. The third-order valence-electron chi connectivity index (χ3n) is 5.88. The van der Waals surface area contributed by atoms with Gasteiger partial charge in [-0.05, 0) is 26.8 Å². The van der Waals surface area contributed by atoms with Crippen LogP contribution in [0.3, 0.4) is 0 Å². The highest BCUT2D eigenvalue weighted by atomic mass is 32.2. The molecule has 0 spiro atoms. The second-order valence-electron chi connectivity index (χ2n) is 8.18. The number of nitrogens with zero attached hydrogens (tertiary/aromatic N) is 4. The van der Waals surface area contributed by atoms with Crippen molar-refractivity contribution in [1.29, 1.82) is 0 Å². The van der Waals surface area contributed by atoms with Gasteiger partial charge in [-0.2, -0.15) is 5.10 Å². The average Bonchev–Trinajstić information content (AvgIpc) is 2.75. The Kier molecular flexibility index (Phi) is 6.17. The number of sulfone groups is 1. The number of rotatable bonds is 5. The van der Waals surface area contributed by atoms with Crippen LogP contribution in [0, 0.1) is 19.7 Å². The predicted molar refractivity (Wildman–Crippen MR) is 121 cm³/mol. The number of aromatic nitrogens is 3. The van der Waals surface area contributed by atoms with Gasteiger partial charge in [0.05, 0.1) is 45.7 Å². The minimum absolute atomic E-state index is 0.0694. The van der Waals surface area contributed by atoms with Crippen LogP contribution in [0.1, 0.15) is 41.9 Å². The number of hydrogen-bond acceptors (Lipinski definition) is 7. The van der Waals surface area contributed by atoms with Gasteiger partial charge in [0.1, 0.15) is 5.82 Å². The van der Waals surface area contributed by atoms with Gasteiger partial charge in [0.2, 0.25) is 0 Å². The number of aryl methyl sites for hydroxylation is 2. The maximum Gasteiger partial charge on any atom is 0.266 e. The SMILES string of the molecule is Cc1nc2c(C)nnc(N[C@H](C)c3cccc(C(F)F)c3F)c2cc1N1CCS(=O)(=O)CC1. The van der Waals surface area contributed by atoms with E-state index in [9.17, 15) is 21.6 Å². The second kappa shape index (κ2) is 8.77. The average molecular weight is 480 g/mol. The summed E-state index contributed by atoms with van der Waals surface area (Å²) >= 11 is 0. The Balaban J connectivity index is 1.73. The van der Waals surface area contributed by atoms with Crippen molar-refractivity contribution in [3.05, 3.63) is 52.6 Å². The Morgan fingerprint density at radius 3 is 2.39 bits per heavy atom. The lowest BCUT2D eigenvalue weighted by Gasteiger charge is -2.30. The summed E-state index contributed by atoms with van der Waals surface area (Å²) in [6.45, 7) is 5.99. The van der Waals surface area contributed by atoms with E-state index in [0.29, 0.717) is 35.5 Å². The molecule has 1 fully saturated rings. The molecule has 7 nitrogen and oxygen atoms in total. The first-order chi connectivity index (χ1) is 15.6. The molecule has 2 aromatic heterocycles. The molecule has 3 heterocycles. The van der Waals surface area contributed by atoms with Crippen LogP contribution in [0.25, 0.3) is 10.9 Å². The van der Waals surface area contributed by atoms with E-state index in [-0.39, 0.29) is 17.1 Å². The van der Waals surface area contributed by atoms with Crippen LogP contribution >= 0.6 is 0 Å². The molecule has 0 saturated carbocycles. The van der Waals surface area contributed by atoms with Crippen molar-refractivity contribution in [2.24, 2.45) is 0 Å².